The van der Waals surface area contributed by atoms with Crippen LogP contribution in [0, 0.1) is 0 Å². The standard InChI is InChI=1S/C25H31N3O5/c1-2-8-22(29)26-21-16-14-20(15-17-21)25(32)28-27-23(30)12-6-13-24(31)33-18-7-11-19-9-4-3-5-10-19/h3-5,9-10,14-17H,2,6-8,11-13,18H2,1H3,(H,26,29)(H,27,30)(H,28,32). The Morgan fingerprint density at radius 3 is 2.21 bits per heavy atom. The molecule has 0 bridgehead atoms. The normalized spacial score (nSPS) is 10.2. The first-order valence-electron chi connectivity index (χ1n) is 11.2. The molecule has 3 N–H and O–H groups in total. The van der Waals surface area contributed by atoms with Crippen LogP contribution < -0.4 is 16.2 Å². The Hall–Kier alpha value is -3.68. The van der Waals surface area contributed by atoms with Crippen molar-refractivity contribution in [2.45, 2.75) is 51.9 Å². The molecule has 0 aliphatic rings. The van der Waals surface area contributed by atoms with Crippen molar-refractivity contribution in [3.8, 4) is 0 Å². The van der Waals surface area contributed by atoms with Gasteiger partial charge >= 0.3 is 5.97 Å². The van der Waals surface area contributed by atoms with Crippen molar-refractivity contribution in [3.05, 3.63) is 65.7 Å². The second-order valence-electron chi connectivity index (χ2n) is 7.54. The van der Waals surface area contributed by atoms with Gasteiger partial charge in [0.2, 0.25) is 11.8 Å². The minimum absolute atomic E-state index is 0.0851. The highest BCUT2D eigenvalue weighted by molar-refractivity contribution is 5.96. The molecule has 8 nitrogen and oxygen atoms in total. The number of amides is 3. The highest BCUT2D eigenvalue weighted by atomic mass is 16.5. The van der Waals surface area contributed by atoms with Crippen LogP contribution in [0.5, 0.6) is 0 Å². The lowest BCUT2D eigenvalue weighted by molar-refractivity contribution is -0.143. The molecular weight excluding hydrogens is 422 g/mol. The number of rotatable bonds is 12. The van der Waals surface area contributed by atoms with Crippen LogP contribution in [0.15, 0.2) is 54.6 Å². The van der Waals surface area contributed by atoms with E-state index in [0.29, 0.717) is 30.7 Å². The zero-order chi connectivity index (χ0) is 23.9. The maximum atomic E-state index is 12.1. The molecule has 0 aliphatic carbocycles. The molecule has 33 heavy (non-hydrogen) atoms. The Morgan fingerprint density at radius 1 is 0.788 bits per heavy atom. The smallest absolute Gasteiger partial charge is 0.305 e. The molecule has 0 radical (unpaired) electrons. The Bertz CT molecular complexity index is 913. The molecule has 176 valence electrons. The molecule has 8 heteroatoms. The Kier molecular flexibility index (Phi) is 11.2. The number of ether oxygens (including phenoxy) is 1. The van der Waals surface area contributed by atoms with Gasteiger partial charge in [0.15, 0.2) is 0 Å². The first-order chi connectivity index (χ1) is 16.0. The van der Waals surface area contributed by atoms with E-state index in [1.807, 2.05) is 37.3 Å². The number of hydrazine groups is 1. The molecule has 0 aliphatic heterocycles. The number of carbonyl (C=O) groups is 4. The lowest BCUT2D eigenvalue weighted by Crippen LogP contribution is -2.41. The van der Waals surface area contributed by atoms with Crippen LogP contribution in [0.2, 0.25) is 0 Å². The van der Waals surface area contributed by atoms with Gasteiger partial charge in [-0.1, -0.05) is 37.3 Å². The van der Waals surface area contributed by atoms with Crippen LogP contribution in [-0.4, -0.2) is 30.3 Å². The monoisotopic (exact) mass is 453 g/mol. The highest BCUT2D eigenvalue weighted by Gasteiger charge is 2.10. The molecule has 0 saturated carbocycles. The third kappa shape index (κ3) is 10.5. The van der Waals surface area contributed by atoms with Gasteiger partial charge < -0.3 is 10.1 Å². The van der Waals surface area contributed by atoms with Crippen molar-refractivity contribution < 1.29 is 23.9 Å². The van der Waals surface area contributed by atoms with Crippen molar-refractivity contribution >= 4 is 29.4 Å². The number of carbonyl (C=O) groups excluding carboxylic acids is 4. The summed E-state index contributed by atoms with van der Waals surface area (Å²) in [6.45, 7) is 2.26. The van der Waals surface area contributed by atoms with Gasteiger partial charge in [-0.25, -0.2) is 0 Å². The molecule has 2 rings (SSSR count). The van der Waals surface area contributed by atoms with Crippen LogP contribution in [0.25, 0.3) is 0 Å². The number of hydrogen-bond acceptors (Lipinski definition) is 5. The zero-order valence-corrected chi connectivity index (χ0v) is 18.9. The fourth-order valence-electron chi connectivity index (χ4n) is 2.99. The van der Waals surface area contributed by atoms with Gasteiger partial charge in [-0.3, -0.25) is 30.0 Å². The van der Waals surface area contributed by atoms with E-state index in [1.54, 1.807) is 24.3 Å². The summed E-state index contributed by atoms with van der Waals surface area (Å²) in [5.41, 5.74) is 6.79. The predicted octanol–water partition coefficient (Wildman–Crippen LogP) is 3.53. The van der Waals surface area contributed by atoms with Gasteiger partial charge in [0.05, 0.1) is 6.61 Å². The van der Waals surface area contributed by atoms with Crippen molar-refractivity contribution in [1.29, 1.82) is 0 Å². The average molecular weight is 454 g/mol. The molecule has 0 fully saturated rings. The summed E-state index contributed by atoms with van der Waals surface area (Å²) < 4.78 is 5.18. The van der Waals surface area contributed by atoms with Gasteiger partial charge in [-0.05, 0) is 55.5 Å². The van der Waals surface area contributed by atoms with Gasteiger partial charge in [-0.15, -0.1) is 0 Å². The van der Waals surface area contributed by atoms with Crippen LogP contribution >= 0.6 is 0 Å². The molecule has 0 saturated heterocycles. The van der Waals surface area contributed by atoms with E-state index in [2.05, 4.69) is 16.2 Å². The summed E-state index contributed by atoms with van der Waals surface area (Å²) >= 11 is 0. The number of esters is 1. The first-order valence-corrected chi connectivity index (χ1v) is 11.2. The Balaban J connectivity index is 1.57. The molecular formula is C25H31N3O5. The summed E-state index contributed by atoms with van der Waals surface area (Å²) in [5.74, 6) is -1.31. The van der Waals surface area contributed by atoms with E-state index >= 15 is 0 Å². The topological polar surface area (TPSA) is 114 Å². The number of nitrogens with one attached hydrogen (secondary N) is 3. The third-order valence-corrected chi connectivity index (χ3v) is 4.72. The lowest BCUT2D eigenvalue weighted by atomic mass is 10.1. The van der Waals surface area contributed by atoms with E-state index in [-0.39, 0.29) is 24.7 Å². The molecule has 0 aromatic heterocycles. The van der Waals surface area contributed by atoms with Crippen molar-refractivity contribution in [2.75, 3.05) is 11.9 Å². The summed E-state index contributed by atoms with van der Waals surface area (Å²) in [5, 5.41) is 2.74. The maximum Gasteiger partial charge on any atom is 0.305 e. The van der Waals surface area contributed by atoms with E-state index in [1.165, 1.54) is 5.56 Å². The predicted molar refractivity (Wildman–Crippen MR) is 125 cm³/mol. The summed E-state index contributed by atoms with van der Waals surface area (Å²) in [7, 11) is 0. The van der Waals surface area contributed by atoms with Gasteiger partial charge in [0.1, 0.15) is 0 Å². The first kappa shape index (κ1) is 25.6. The molecule has 0 spiro atoms. The molecule has 2 aromatic carbocycles. The maximum absolute atomic E-state index is 12.1. The Labute approximate surface area is 194 Å². The minimum atomic E-state index is -0.479. The van der Waals surface area contributed by atoms with Crippen LogP contribution in [0.4, 0.5) is 5.69 Å². The molecule has 0 unspecified atom stereocenters. The number of hydrogen-bond donors (Lipinski definition) is 3. The lowest BCUT2D eigenvalue weighted by Gasteiger charge is -2.09. The summed E-state index contributed by atoms with van der Waals surface area (Å²) in [6, 6.07) is 16.3. The van der Waals surface area contributed by atoms with Crippen molar-refractivity contribution in [3.63, 3.8) is 0 Å². The van der Waals surface area contributed by atoms with E-state index in [0.717, 1.165) is 19.3 Å². The van der Waals surface area contributed by atoms with Crippen molar-refractivity contribution in [2.24, 2.45) is 0 Å². The summed E-state index contributed by atoms with van der Waals surface area (Å²) in [4.78, 5) is 47.4. The van der Waals surface area contributed by atoms with Crippen LogP contribution in [0.1, 0.15) is 61.4 Å². The zero-order valence-electron chi connectivity index (χ0n) is 18.9. The van der Waals surface area contributed by atoms with Gasteiger partial charge in [-0.2, -0.15) is 0 Å². The number of benzene rings is 2. The second-order valence-corrected chi connectivity index (χ2v) is 7.54. The fourth-order valence-corrected chi connectivity index (χ4v) is 2.99. The van der Waals surface area contributed by atoms with Crippen LogP contribution in [0.3, 0.4) is 0 Å². The minimum Gasteiger partial charge on any atom is -0.466 e. The van der Waals surface area contributed by atoms with E-state index < -0.39 is 11.8 Å². The average Bonchev–Trinajstić information content (AvgIpc) is 2.81. The molecule has 0 atom stereocenters. The van der Waals surface area contributed by atoms with Gasteiger partial charge in [0, 0.05) is 30.5 Å². The van der Waals surface area contributed by atoms with Crippen LogP contribution in [-0.2, 0) is 25.5 Å². The number of aryl methyl sites for hydroxylation is 1. The SMILES string of the molecule is CCCC(=O)Nc1ccc(C(=O)NNC(=O)CCCC(=O)OCCCc2ccccc2)cc1. The van der Waals surface area contributed by atoms with E-state index in [9.17, 15) is 19.2 Å². The molecule has 0 heterocycles. The fraction of sp³-hybridized carbons (Fsp3) is 0.360. The van der Waals surface area contributed by atoms with Gasteiger partial charge in [0.25, 0.3) is 5.91 Å². The summed E-state index contributed by atoms with van der Waals surface area (Å²) in [6.07, 6.45) is 3.31. The third-order valence-electron chi connectivity index (χ3n) is 4.72. The van der Waals surface area contributed by atoms with Crippen molar-refractivity contribution in [1.82, 2.24) is 10.9 Å². The Morgan fingerprint density at radius 2 is 1.52 bits per heavy atom. The quantitative estimate of drug-likeness (QED) is 0.258. The number of anilines is 1. The highest BCUT2D eigenvalue weighted by Crippen LogP contribution is 2.10. The van der Waals surface area contributed by atoms with E-state index in [4.69, 9.17) is 4.74 Å². The molecule has 3 amide bonds. The molecule has 2 aromatic rings. The largest absolute Gasteiger partial charge is 0.466 e. The second kappa shape index (κ2) is 14.4.